The lowest BCUT2D eigenvalue weighted by molar-refractivity contribution is -0.130. The first-order valence-corrected chi connectivity index (χ1v) is 11.4. The molecular weight excluding hydrogens is 396 g/mol. The topological polar surface area (TPSA) is 51.7 Å². The van der Waals surface area contributed by atoms with Crippen LogP contribution >= 0.6 is 11.3 Å². The van der Waals surface area contributed by atoms with Crippen LogP contribution in [-0.2, 0) is 14.3 Å². The molecule has 4 rings (SSSR count). The number of thiazole rings is 1. The van der Waals surface area contributed by atoms with E-state index in [-0.39, 0.29) is 12.0 Å². The molecule has 2 heterocycles. The van der Waals surface area contributed by atoms with E-state index in [0.717, 1.165) is 35.4 Å². The summed E-state index contributed by atoms with van der Waals surface area (Å²) in [6, 6.07) is 16.1. The van der Waals surface area contributed by atoms with Gasteiger partial charge in [-0.3, -0.25) is 9.69 Å². The van der Waals surface area contributed by atoms with Crippen LogP contribution in [0, 0.1) is 0 Å². The number of para-hydroxylation sites is 1. The molecule has 3 aromatic rings. The Labute approximate surface area is 181 Å². The Morgan fingerprint density at radius 2 is 1.97 bits per heavy atom. The third-order valence-corrected chi connectivity index (χ3v) is 6.44. The van der Waals surface area contributed by atoms with Gasteiger partial charge in [-0.1, -0.05) is 49.4 Å². The number of rotatable bonds is 7. The summed E-state index contributed by atoms with van der Waals surface area (Å²) in [5, 5.41) is 0.658. The molecule has 0 radical (unpaired) electrons. The number of fused-ring (bicyclic) bond motifs is 1. The monoisotopic (exact) mass is 424 g/mol. The zero-order valence-corrected chi connectivity index (χ0v) is 18.5. The van der Waals surface area contributed by atoms with Crippen LogP contribution < -0.4 is 4.90 Å². The Morgan fingerprint density at radius 3 is 2.63 bits per heavy atom. The number of hydrogen-bond acceptors (Lipinski definition) is 5. The van der Waals surface area contributed by atoms with Crippen LogP contribution in [0.4, 0.5) is 10.8 Å². The number of benzene rings is 2. The average Bonchev–Trinajstić information content (AvgIpc) is 3.42. The van der Waals surface area contributed by atoms with Gasteiger partial charge in [0.15, 0.2) is 5.13 Å². The third-order valence-electron chi connectivity index (χ3n) is 5.42. The highest BCUT2D eigenvalue weighted by molar-refractivity contribution is 7.22. The van der Waals surface area contributed by atoms with Crippen molar-refractivity contribution in [2.45, 2.75) is 51.7 Å². The van der Waals surface area contributed by atoms with Gasteiger partial charge in [0.2, 0.25) is 0 Å². The molecule has 1 aliphatic heterocycles. The molecule has 1 fully saturated rings. The minimum absolute atomic E-state index is 0.0847. The van der Waals surface area contributed by atoms with Crippen molar-refractivity contribution in [1.82, 2.24) is 4.98 Å². The summed E-state index contributed by atoms with van der Waals surface area (Å²) < 4.78 is 12.6. The second-order valence-corrected chi connectivity index (χ2v) is 9.00. The van der Waals surface area contributed by atoms with Gasteiger partial charge in [0.25, 0.3) is 5.91 Å². The van der Waals surface area contributed by atoms with E-state index < -0.39 is 6.10 Å². The summed E-state index contributed by atoms with van der Waals surface area (Å²) in [4.78, 5) is 19.9. The van der Waals surface area contributed by atoms with Gasteiger partial charge < -0.3 is 9.47 Å². The summed E-state index contributed by atoms with van der Waals surface area (Å²) in [6.45, 7) is 7.34. The van der Waals surface area contributed by atoms with Crippen LogP contribution in [0.2, 0.25) is 0 Å². The van der Waals surface area contributed by atoms with Gasteiger partial charge in [0, 0.05) is 6.61 Å². The van der Waals surface area contributed by atoms with Crippen LogP contribution in [0.25, 0.3) is 10.2 Å². The summed E-state index contributed by atoms with van der Waals surface area (Å²) in [5.41, 5.74) is 2.93. The second kappa shape index (κ2) is 9.25. The molecule has 5 nitrogen and oxygen atoms in total. The van der Waals surface area contributed by atoms with E-state index in [1.54, 1.807) is 11.8 Å². The number of hydrogen-bond donors (Lipinski definition) is 0. The van der Waals surface area contributed by atoms with Crippen LogP contribution in [0.1, 0.15) is 45.1 Å². The molecule has 0 N–H and O–H groups in total. The minimum atomic E-state index is -0.592. The highest BCUT2D eigenvalue weighted by Crippen LogP contribution is 2.34. The molecule has 1 amide bonds. The van der Waals surface area contributed by atoms with Crippen molar-refractivity contribution in [1.29, 1.82) is 0 Å². The van der Waals surface area contributed by atoms with Crippen molar-refractivity contribution in [2.75, 3.05) is 18.1 Å². The first-order valence-electron chi connectivity index (χ1n) is 10.6. The van der Waals surface area contributed by atoms with Crippen LogP contribution in [0.3, 0.4) is 0 Å². The van der Waals surface area contributed by atoms with Gasteiger partial charge in [0.05, 0.1) is 28.6 Å². The molecule has 2 aromatic carbocycles. The molecule has 2 unspecified atom stereocenters. The Balaban J connectivity index is 1.62. The van der Waals surface area contributed by atoms with E-state index in [9.17, 15) is 4.79 Å². The molecule has 0 bridgehead atoms. The zero-order chi connectivity index (χ0) is 21.1. The van der Waals surface area contributed by atoms with Crippen molar-refractivity contribution in [3.63, 3.8) is 0 Å². The number of ether oxygens (including phenoxy) is 2. The number of carbonyl (C=O) groups is 1. The van der Waals surface area contributed by atoms with Crippen molar-refractivity contribution < 1.29 is 14.3 Å². The number of aromatic nitrogens is 1. The number of nitrogens with zero attached hydrogens (tertiary/aromatic N) is 2. The summed E-state index contributed by atoms with van der Waals surface area (Å²) in [7, 11) is 0. The lowest BCUT2D eigenvalue weighted by Gasteiger charge is -2.24. The lowest BCUT2D eigenvalue weighted by atomic mass is 10.0. The van der Waals surface area contributed by atoms with Gasteiger partial charge in [0.1, 0.15) is 6.10 Å². The van der Waals surface area contributed by atoms with E-state index in [2.05, 4.69) is 26.0 Å². The molecule has 158 valence electrons. The SMILES string of the molecule is CC(OCC1CCCO1)C(=O)N(c1ccc(C(C)C)cc1)c1nc2ccccc2s1. The molecule has 0 aliphatic carbocycles. The summed E-state index contributed by atoms with van der Waals surface area (Å²) in [5.74, 6) is 0.309. The maximum Gasteiger partial charge on any atom is 0.262 e. The standard InChI is InChI=1S/C24H28N2O3S/c1-16(2)18-10-12-19(13-11-18)26(24-25-21-8-4-5-9-22(21)30-24)23(27)17(3)29-15-20-7-6-14-28-20/h4-5,8-13,16-17,20H,6-7,14-15H2,1-3H3. The maximum absolute atomic E-state index is 13.5. The van der Waals surface area contributed by atoms with Crippen molar-refractivity contribution in [3.8, 4) is 0 Å². The zero-order valence-electron chi connectivity index (χ0n) is 17.7. The van der Waals surface area contributed by atoms with E-state index in [4.69, 9.17) is 14.5 Å². The van der Waals surface area contributed by atoms with Crippen LogP contribution in [0.5, 0.6) is 0 Å². The lowest BCUT2D eigenvalue weighted by Crippen LogP contribution is -2.37. The number of carbonyl (C=O) groups excluding carboxylic acids is 1. The molecule has 1 aliphatic rings. The Kier molecular flexibility index (Phi) is 6.46. The van der Waals surface area contributed by atoms with Gasteiger partial charge in [-0.25, -0.2) is 4.98 Å². The maximum atomic E-state index is 13.5. The van der Waals surface area contributed by atoms with Gasteiger partial charge in [-0.15, -0.1) is 0 Å². The minimum Gasteiger partial charge on any atom is -0.376 e. The molecule has 30 heavy (non-hydrogen) atoms. The van der Waals surface area contributed by atoms with Crippen molar-refractivity contribution in [3.05, 3.63) is 54.1 Å². The summed E-state index contributed by atoms with van der Waals surface area (Å²) in [6.07, 6.45) is 1.53. The van der Waals surface area contributed by atoms with Gasteiger partial charge >= 0.3 is 0 Å². The van der Waals surface area contributed by atoms with Crippen molar-refractivity contribution in [2.24, 2.45) is 0 Å². The number of amides is 1. The second-order valence-electron chi connectivity index (χ2n) is 7.99. The predicted molar refractivity (Wildman–Crippen MR) is 122 cm³/mol. The fourth-order valence-electron chi connectivity index (χ4n) is 3.58. The van der Waals surface area contributed by atoms with Gasteiger partial charge in [-0.05, 0) is 55.5 Å². The van der Waals surface area contributed by atoms with E-state index in [1.807, 2.05) is 36.4 Å². The first-order chi connectivity index (χ1) is 14.5. The molecule has 1 aromatic heterocycles. The fraction of sp³-hybridized carbons (Fsp3) is 0.417. The number of anilines is 2. The molecule has 0 saturated carbocycles. The van der Waals surface area contributed by atoms with Crippen LogP contribution in [0.15, 0.2) is 48.5 Å². The van der Waals surface area contributed by atoms with Crippen LogP contribution in [-0.4, -0.2) is 36.3 Å². The van der Waals surface area contributed by atoms with E-state index >= 15 is 0 Å². The van der Waals surface area contributed by atoms with Crippen molar-refractivity contribution >= 4 is 38.3 Å². The highest BCUT2D eigenvalue weighted by atomic mass is 32.1. The largest absolute Gasteiger partial charge is 0.376 e. The molecule has 1 saturated heterocycles. The first kappa shape index (κ1) is 21.0. The average molecular weight is 425 g/mol. The summed E-state index contributed by atoms with van der Waals surface area (Å²) >= 11 is 1.51. The normalized spacial score (nSPS) is 17.5. The third kappa shape index (κ3) is 4.56. The molecule has 6 heteroatoms. The molecular formula is C24H28N2O3S. The quantitative estimate of drug-likeness (QED) is 0.490. The Hall–Kier alpha value is -2.28. The highest BCUT2D eigenvalue weighted by Gasteiger charge is 2.28. The fourth-order valence-corrected chi connectivity index (χ4v) is 4.57. The molecule has 0 spiro atoms. The Bertz CT molecular complexity index is 960. The van der Waals surface area contributed by atoms with E-state index in [0.29, 0.717) is 17.7 Å². The Morgan fingerprint density at radius 1 is 1.20 bits per heavy atom. The molecule has 2 atom stereocenters. The van der Waals surface area contributed by atoms with E-state index in [1.165, 1.54) is 16.9 Å². The van der Waals surface area contributed by atoms with Gasteiger partial charge in [-0.2, -0.15) is 0 Å². The predicted octanol–water partition coefficient (Wildman–Crippen LogP) is 5.67. The smallest absolute Gasteiger partial charge is 0.262 e.